The molecule has 0 fully saturated rings. The van der Waals surface area contributed by atoms with Crippen molar-refractivity contribution < 1.29 is 33.8 Å². The molecule has 0 saturated heterocycles. The fraction of sp³-hybridized carbons (Fsp3) is 1.00. The van der Waals surface area contributed by atoms with E-state index < -0.39 is 0 Å². The average molecular weight is 259 g/mol. The fourth-order valence-electron chi connectivity index (χ4n) is 1.35. The van der Waals surface area contributed by atoms with Gasteiger partial charge in [-0.05, 0) is 19.3 Å². The van der Waals surface area contributed by atoms with Crippen molar-refractivity contribution in [1.29, 1.82) is 0 Å². The van der Waals surface area contributed by atoms with E-state index in [-0.39, 0.29) is 24.8 Å². The normalized spacial score (nSPS) is 11.6. The van der Waals surface area contributed by atoms with Crippen molar-refractivity contribution in [2.75, 3.05) is 55.4 Å². The number of nitrogens with zero attached hydrogens (tertiary/aromatic N) is 2. The summed E-state index contributed by atoms with van der Waals surface area (Å²) < 4.78 is 2.20. The van der Waals surface area contributed by atoms with Gasteiger partial charge in [0.2, 0.25) is 0 Å². The summed E-state index contributed by atoms with van der Waals surface area (Å²) in [5.41, 5.74) is 0. The first-order valence-electron chi connectivity index (χ1n) is 5.32. The maximum absolute atomic E-state index is 2.26. The summed E-state index contributed by atoms with van der Waals surface area (Å²) >= 11 is 0. The van der Waals surface area contributed by atoms with Gasteiger partial charge >= 0.3 is 0 Å². The molecule has 0 aromatic rings. The summed E-state index contributed by atoms with van der Waals surface area (Å²) in [5.74, 6) is 0. The molecule has 0 saturated carbocycles. The Morgan fingerprint density at radius 1 is 0.533 bits per heavy atom. The third kappa shape index (κ3) is 20.5. The standard InChI is InChI=1S/C11H28N2.2ClH/c1-12(2,3)10-8-7-9-11-13(4,5)6;;/h7-11H2,1-6H3;2*1H/q+2;;/p-2. The van der Waals surface area contributed by atoms with Gasteiger partial charge in [0.15, 0.2) is 0 Å². The molecule has 0 amide bonds. The predicted octanol–water partition coefficient (Wildman–Crippen LogP) is -4.42. The summed E-state index contributed by atoms with van der Waals surface area (Å²) in [7, 11) is 13.6. The van der Waals surface area contributed by atoms with Crippen LogP contribution >= 0.6 is 0 Å². The molecule has 0 bridgehead atoms. The second kappa shape index (κ2) is 8.63. The number of unbranched alkanes of at least 4 members (excludes halogenated alkanes) is 2. The quantitative estimate of drug-likeness (QED) is 0.334. The Hall–Kier alpha value is 0.500. The number of quaternary nitrogens is 2. The van der Waals surface area contributed by atoms with Crippen LogP contribution in [0.3, 0.4) is 0 Å². The number of halogens is 2. The Balaban J connectivity index is -0.000000720. The molecule has 0 radical (unpaired) electrons. The number of hydrogen-bond acceptors (Lipinski definition) is 0. The van der Waals surface area contributed by atoms with Crippen LogP contribution in [0.15, 0.2) is 0 Å². The largest absolute Gasteiger partial charge is 1.00 e. The van der Waals surface area contributed by atoms with E-state index in [1.165, 1.54) is 32.4 Å². The van der Waals surface area contributed by atoms with Crippen molar-refractivity contribution in [3.8, 4) is 0 Å². The molecule has 0 aliphatic carbocycles. The molecule has 2 nitrogen and oxygen atoms in total. The zero-order valence-corrected chi connectivity index (χ0v) is 12.7. The van der Waals surface area contributed by atoms with Crippen LogP contribution in [0.4, 0.5) is 0 Å². The lowest BCUT2D eigenvalue weighted by molar-refractivity contribution is -0.872. The Morgan fingerprint density at radius 2 is 0.800 bits per heavy atom. The molecule has 15 heavy (non-hydrogen) atoms. The van der Waals surface area contributed by atoms with Crippen molar-refractivity contribution in [3.05, 3.63) is 0 Å². The molecule has 0 unspecified atom stereocenters. The Morgan fingerprint density at radius 3 is 1.00 bits per heavy atom. The van der Waals surface area contributed by atoms with Gasteiger partial charge in [-0.2, -0.15) is 0 Å². The van der Waals surface area contributed by atoms with Gasteiger partial charge in [-0.25, -0.2) is 0 Å². The van der Waals surface area contributed by atoms with E-state index >= 15 is 0 Å². The van der Waals surface area contributed by atoms with Gasteiger partial charge < -0.3 is 33.8 Å². The third-order valence-electron chi connectivity index (χ3n) is 2.16. The molecule has 96 valence electrons. The van der Waals surface area contributed by atoms with Crippen LogP contribution in [0.5, 0.6) is 0 Å². The molecule has 0 aromatic heterocycles. The van der Waals surface area contributed by atoms with Crippen molar-refractivity contribution >= 4 is 0 Å². The van der Waals surface area contributed by atoms with Crippen LogP contribution in [0.1, 0.15) is 19.3 Å². The summed E-state index contributed by atoms with van der Waals surface area (Å²) in [6.45, 7) is 2.61. The van der Waals surface area contributed by atoms with Gasteiger partial charge in [-0.1, -0.05) is 0 Å². The molecule has 0 aliphatic rings. The Kier molecular flexibility index (Phi) is 12.0. The second-order valence-corrected chi connectivity index (χ2v) is 6.09. The maximum atomic E-state index is 2.26. The SMILES string of the molecule is C[N+](C)(C)CCCCC[N+](C)(C)C.[Cl-].[Cl-]. The van der Waals surface area contributed by atoms with Crippen LogP contribution in [-0.2, 0) is 0 Å². The summed E-state index contributed by atoms with van der Waals surface area (Å²) in [5, 5.41) is 0. The van der Waals surface area contributed by atoms with E-state index in [1.54, 1.807) is 0 Å². The molecule has 0 spiro atoms. The van der Waals surface area contributed by atoms with Crippen LogP contribution in [0.2, 0.25) is 0 Å². The predicted molar refractivity (Wildman–Crippen MR) is 59.6 cm³/mol. The van der Waals surface area contributed by atoms with Crippen LogP contribution < -0.4 is 24.8 Å². The van der Waals surface area contributed by atoms with Crippen molar-refractivity contribution in [3.63, 3.8) is 0 Å². The highest BCUT2D eigenvalue weighted by Crippen LogP contribution is 2.03. The summed E-state index contributed by atoms with van der Waals surface area (Å²) in [6.07, 6.45) is 4.11. The summed E-state index contributed by atoms with van der Waals surface area (Å²) in [4.78, 5) is 0. The van der Waals surface area contributed by atoms with Crippen molar-refractivity contribution in [2.45, 2.75) is 19.3 Å². The van der Waals surface area contributed by atoms with Crippen molar-refractivity contribution in [1.82, 2.24) is 0 Å². The molecular formula is C11H28Cl2N2. The van der Waals surface area contributed by atoms with Gasteiger partial charge in [0.25, 0.3) is 0 Å². The first-order valence-corrected chi connectivity index (χ1v) is 5.32. The van der Waals surface area contributed by atoms with Gasteiger partial charge in [0.1, 0.15) is 0 Å². The lowest BCUT2D eigenvalue weighted by Crippen LogP contribution is -3.00. The summed E-state index contributed by atoms with van der Waals surface area (Å²) in [6, 6.07) is 0. The van der Waals surface area contributed by atoms with Crippen LogP contribution in [-0.4, -0.2) is 64.3 Å². The highest BCUT2D eigenvalue weighted by molar-refractivity contribution is 4.40. The van der Waals surface area contributed by atoms with E-state index in [2.05, 4.69) is 42.3 Å². The molecule has 0 atom stereocenters. The second-order valence-electron chi connectivity index (χ2n) is 6.09. The van der Waals surface area contributed by atoms with E-state index in [4.69, 9.17) is 0 Å². The van der Waals surface area contributed by atoms with E-state index in [1.807, 2.05) is 0 Å². The number of rotatable bonds is 6. The zero-order valence-electron chi connectivity index (χ0n) is 11.2. The Labute approximate surface area is 109 Å². The van der Waals surface area contributed by atoms with Gasteiger partial charge in [-0.15, -0.1) is 0 Å². The van der Waals surface area contributed by atoms with Crippen LogP contribution in [0.25, 0.3) is 0 Å². The lowest BCUT2D eigenvalue weighted by Gasteiger charge is -2.25. The molecular weight excluding hydrogens is 231 g/mol. The maximum Gasteiger partial charge on any atom is 0.0780 e. The van der Waals surface area contributed by atoms with E-state index in [9.17, 15) is 0 Å². The van der Waals surface area contributed by atoms with Gasteiger partial charge in [0.05, 0.1) is 55.4 Å². The lowest BCUT2D eigenvalue weighted by atomic mass is 10.2. The minimum absolute atomic E-state index is 0. The minimum Gasteiger partial charge on any atom is -1.00 e. The minimum atomic E-state index is 0. The third-order valence-corrected chi connectivity index (χ3v) is 2.16. The average Bonchev–Trinajstić information content (AvgIpc) is 1.81. The number of hydrogen-bond donors (Lipinski definition) is 0. The van der Waals surface area contributed by atoms with Gasteiger partial charge in [-0.3, -0.25) is 0 Å². The van der Waals surface area contributed by atoms with Gasteiger partial charge in [0, 0.05) is 0 Å². The fourth-order valence-corrected chi connectivity index (χ4v) is 1.35. The van der Waals surface area contributed by atoms with Crippen molar-refractivity contribution in [2.24, 2.45) is 0 Å². The molecule has 4 heteroatoms. The first-order chi connectivity index (χ1) is 5.71. The molecule has 0 N–H and O–H groups in total. The molecule has 0 aromatic carbocycles. The molecule has 0 aliphatic heterocycles. The highest BCUT2D eigenvalue weighted by Gasteiger charge is 2.08. The van der Waals surface area contributed by atoms with E-state index in [0.29, 0.717) is 0 Å². The van der Waals surface area contributed by atoms with E-state index in [0.717, 1.165) is 8.97 Å². The molecule has 0 heterocycles. The smallest absolute Gasteiger partial charge is 0.0780 e. The zero-order chi connectivity index (χ0) is 10.5. The first kappa shape index (κ1) is 20.9. The Bertz CT molecular complexity index is 121. The topological polar surface area (TPSA) is 0 Å². The monoisotopic (exact) mass is 258 g/mol. The van der Waals surface area contributed by atoms with Crippen LogP contribution in [0, 0.1) is 0 Å². The molecule has 0 rings (SSSR count). The highest BCUT2D eigenvalue weighted by atomic mass is 35.5.